The maximum atomic E-state index is 12.9. The van der Waals surface area contributed by atoms with Gasteiger partial charge in [0.25, 0.3) is 0 Å². The largest absolute Gasteiger partial charge is 0.497 e. The zero-order valence-electron chi connectivity index (χ0n) is 21.7. The molecule has 6 nitrogen and oxygen atoms in total. The van der Waals surface area contributed by atoms with E-state index in [1.165, 1.54) is 25.7 Å². The minimum atomic E-state index is -0.107. The first-order chi connectivity index (χ1) is 18.7. The minimum absolute atomic E-state index is 0.107. The number of rotatable bonds is 10. The molecule has 0 radical (unpaired) electrons. The predicted molar refractivity (Wildman–Crippen MR) is 149 cm³/mol. The Labute approximate surface area is 224 Å². The third-order valence-corrected chi connectivity index (χ3v) is 6.98. The van der Waals surface area contributed by atoms with Crippen molar-refractivity contribution >= 4 is 11.7 Å². The molecule has 1 fully saturated rings. The van der Waals surface area contributed by atoms with Gasteiger partial charge in [0, 0.05) is 5.56 Å². The van der Waals surface area contributed by atoms with E-state index in [0.29, 0.717) is 18.3 Å². The minimum Gasteiger partial charge on any atom is -0.497 e. The second-order valence-corrected chi connectivity index (χ2v) is 9.78. The lowest BCUT2D eigenvalue weighted by atomic mass is 10.0. The number of hydrogen-bond donors (Lipinski definition) is 1. The Kier molecular flexibility index (Phi) is 8.29. The maximum absolute atomic E-state index is 12.9. The fourth-order valence-electron chi connectivity index (χ4n) is 4.87. The van der Waals surface area contributed by atoms with Crippen LogP contribution in [-0.2, 0) is 24.2 Å². The summed E-state index contributed by atoms with van der Waals surface area (Å²) >= 11 is 0. The standard InChI is InChI=1S/C32H33N3O3/c1-37-27-15-11-24(12-16-27)20-31(36)35-32-29(19-23-7-5-6-8-23)34-30(21-33-32)26-13-17-28(18-14-26)38-22-25-9-3-2-4-10-25/h2-4,9-18,21,23H,5-8,19-20,22H2,1H3,(H,33,35,36). The van der Waals surface area contributed by atoms with Crippen LogP contribution in [0.15, 0.2) is 85.1 Å². The summed E-state index contributed by atoms with van der Waals surface area (Å²) in [6, 6.07) is 25.6. The van der Waals surface area contributed by atoms with E-state index in [0.717, 1.165) is 46.0 Å². The molecular formula is C32H33N3O3. The first kappa shape index (κ1) is 25.5. The third kappa shape index (κ3) is 6.76. The maximum Gasteiger partial charge on any atom is 0.229 e. The van der Waals surface area contributed by atoms with Gasteiger partial charge in [0.2, 0.25) is 5.91 Å². The Morgan fingerprint density at radius 2 is 1.61 bits per heavy atom. The monoisotopic (exact) mass is 507 g/mol. The topological polar surface area (TPSA) is 73.3 Å². The number of carbonyl (C=O) groups is 1. The number of benzene rings is 3. The molecular weight excluding hydrogens is 474 g/mol. The molecule has 0 saturated heterocycles. The molecule has 194 valence electrons. The van der Waals surface area contributed by atoms with Gasteiger partial charge in [-0.15, -0.1) is 0 Å². The summed E-state index contributed by atoms with van der Waals surface area (Å²) in [6.07, 6.45) is 7.71. The number of hydrogen-bond acceptors (Lipinski definition) is 5. The molecule has 1 aliphatic carbocycles. The molecule has 38 heavy (non-hydrogen) atoms. The van der Waals surface area contributed by atoms with Gasteiger partial charge in [0.05, 0.1) is 31.1 Å². The van der Waals surface area contributed by atoms with Gasteiger partial charge in [-0.1, -0.05) is 68.1 Å². The number of nitrogens with one attached hydrogen (secondary N) is 1. The molecule has 1 amide bonds. The van der Waals surface area contributed by atoms with Gasteiger partial charge in [-0.05, 0) is 59.9 Å². The number of anilines is 1. The molecule has 4 aromatic rings. The third-order valence-electron chi connectivity index (χ3n) is 6.98. The SMILES string of the molecule is COc1ccc(CC(=O)Nc2ncc(-c3ccc(OCc4ccccc4)cc3)nc2CC2CCCC2)cc1. The molecule has 5 rings (SSSR count). The number of amides is 1. The van der Waals surface area contributed by atoms with Crippen molar-refractivity contribution in [3.05, 3.63) is 102 Å². The van der Waals surface area contributed by atoms with Gasteiger partial charge in [-0.25, -0.2) is 9.97 Å². The van der Waals surface area contributed by atoms with Crippen molar-refractivity contribution in [1.29, 1.82) is 0 Å². The van der Waals surface area contributed by atoms with Crippen LogP contribution < -0.4 is 14.8 Å². The zero-order chi connectivity index (χ0) is 26.2. The highest BCUT2D eigenvalue weighted by molar-refractivity contribution is 5.92. The van der Waals surface area contributed by atoms with Gasteiger partial charge >= 0.3 is 0 Å². The van der Waals surface area contributed by atoms with E-state index in [-0.39, 0.29) is 12.3 Å². The lowest BCUT2D eigenvalue weighted by Gasteiger charge is -2.15. The molecule has 0 spiro atoms. The lowest BCUT2D eigenvalue weighted by molar-refractivity contribution is -0.115. The van der Waals surface area contributed by atoms with Crippen LogP contribution >= 0.6 is 0 Å². The van der Waals surface area contributed by atoms with E-state index in [1.54, 1.807) is 13.3 Å². The van der Waals surface area contributed by atoms with Crippen LogP contribution in [0.2, 0.25) is 0 Å². The summed E-state index contributed by atoms with van der Waals surface area (Å²) in [5.41, 5.74) is 4.65. The van der Waals surface area contributed by atoms with E-state index in [1.807, 2.05) is 78.9 Å². The van der Waals surface area contributed by atoms with Crippen LogP contribution in [0.25, 0.3) is 11.3 Å². The van der Waals surface area contributed by atoms with Crippen molar-refractivity contribution in [2.24, 2.45) is 5.92 Å². The van der Waals surface area contributed by atoms with Gasteiger partial charge in [0.1, 0.15) is 18.1 Å². The fraction of sp³-hybridized carbons (Fsp3) is 0.281. The smallest absolute Gasteiger partial charge is 0.229 e. The highest BCUT2D eigenvalue weighted by Crippen LogP contribution is 2.30. The van der Waals surface area contributed by atoms with Crippen molar-refractivity contribution in [2.75, 3.05) is 12.4 Å². The molecule has 0 unspecified atom stereocenters. The van der Waals surface area contributed by atoms with Crippen LogP contribution in [0, 0.1) is 5.92 Å². The quantitative estimate of drug-likeness (QED) is 0.260. The normalized spacial score (nSPS) is 13.3. The molecule has 1 aliphatic rings. The van der Waals surface area contributed by atoms with Gasteiger partial charge in [-0.3, -0.25) is 4.79 Å². The molecule has 6 heteroatoms. The molecule has 1 saturated carbocycles. The van der Waals surface area contributed by atoms with Crippen LogP contribution in [0.4, 0.5) is 5.82 Å². The van der Waals surface area contributed by atoms with Crippen molar-refractivity contribution in [3.8, 4) is 22.8 Å². The van der Waals surface area contributed by atoms with E-state index >= 15 is 0 Å². The molecule has 1 aromatic heterocycles. The Morgan fingerprint density at radius 3 is 2.32 bits per heavy atom. The first-order valence-corrected chi connectivity index (χ1v) is 13.2. The number of aromatic nitrogens is 2. The number of ether oxygens (including phenoxy) is 2. The molecule has 0 atom stereocenters. The van der Waals surface area contributed by atoms with Crippen molar-refractivity contribution in [2.45, 2.75) is 45.1 Å². The molecule has 0 bridgehead atoms. The fourth-order valence-corrected chi connectivity index (χ4v) is 4.87. The molecule has 1 N–H and O–H groups in total. The van der Waals surface area contributed by atoms with E-state index in [9.17, 15) is 4.79 Å². The van der Waals surface area contributed by atoms with Gasteiger partial charge < -0.3 is 14.8 Å². The van der Waals surface area contributed by atoms with Gasteiger partial charge in [0.15, 0.2) is 5.82 Å². The average Bonchev–Trinajstić information content (AvgIpc) is 3.47. The summed E-state index contributed by atoms with van der Waals surface area (Å²) < 4.78 is 11.1. The van der Waals surface area contributed by atoms with E-state index < -0.39 is 0 Å². The average molecular weight is 508 g/mol. The second-order valence-electron chi connectivity index (χ2n) is 9.78. The highest BCUT2D eigenvalue weighted by Gasteiger charge is 2.20. The molecule has 0 aliphatic heterocycles. The first-order valence-electron chi connectivity index (χ1n) is 13.2. The van der Waals surface area contributed by atoms with E-state index in [4.69, 9.17) is 14.5 Å². The summed E-state index contributed by atoms with van der Waals surface area (Å²) in [7, 11) is 1.63. The van der Waals surface area contributed by atoms with Crippen LogP contribution in [-0.4, -0.2) is 23.0 Å². The zero-order valence-corrected chi connectivity index (χ0v) is 21.7. The Hall–Kier alpha value is -4.19. The van der Waals surface area contributed by atoms with Crippen LogP contribution in [0.1, 0.15) is 42.5 Å². The van der Waals surface area contributed by atoms with Gasteiger partial charge in [-0.2, -0.15) is 0 Å². The summed E-state index contributed by atoms with van der Waals surface area (Å²) in [6.45, 7) is 0.524. The van der Waals surface area contributed by atoms with Crippen molar-refractivity contribution in [1.82, 2.24) is 9.97 Å². The molecule has 3 aromatic carbocycles. The number of methoxy groups -OCH3 is 1. The summed E-state index contributed by atoms with van der Waals surface area (Å²) in [5.74, 6) is 2.60. The highest BCUT2D eigenvalue weighted by atomic mass is 16.5. The van der Waals surface area contributed by atoms with Crippen molar-refractivity contribution in [3.63, 3.8) is 0 Å². The van der Waals surface area contributed by atoms with Crippen LogP contribution in [0.3, 0.4) is 0 Å². The van der Waals surface area contributed by atoms with Crippen molar-refractivity contribution < 1.29 is 14.3 Å². The number of carbonyl (C=O) groups excluding carboxylic acids is 1. The Bertz CT molecular complexity index is 1330. The van der Waals surface area contributed by atoms with Crippen LogP contribution in [0.5, 0.6) is 11.5 Å². The van der Waals surface area contributed by atoms with E-state index in [2.05, 4.69) is 10.3 Å². The summed E-state index contributed by atoms with van der Waals surface area (Å²) in [4.78, 5) is 22.5. The molecule has 1 heterocycles. The summed E-state index contributed by atoms with van der Waals surface area (Å²) in [5, 5.41) is 3.02. The number of nitrogens with zero attached hydrogens (tertiary/aromatic N) is 2. The Morgan fingerprint density at radius 1 is 0.895 bits per heavy atom. The second kappa shape index (κ2) is 12.4. The lowest BCUT2D eigenvalue weighted by Crippen LogP contribution is -2.18. The predicted octanol–water partition coefficient (Wildman–Crippen LogP) is 6.65. The Balaban J connectivity index is 1.29.